The highest BCUT2D eigenvalue weighted by Gasteiger charge is 2.44. The highest BCUT2D eigenvalue weighted by Crippen LogP contribution is 2.44. The monoisotopic (exact) mass is 267 g/mol. The molecule has 0 aromatic carbocycles. The smallest absolute Gasteiger partial charge is 0.225 e. The fraction of sp³-hybridized carbons (Fsp3) is 0.875. The molecule has 1 aliphatic carbocycles. The maximum atomic E-state index is 11.7. The molecule has 1 aliphatic rings. The first-order valence-corrected chi connectivity index (χ1v) is 7.77. The summed E-state index contributed by atoms with van der Waals surface area (Å²) in [6.07, 6.45) is 8.33. The van der Waals surface area contributed by atoms with Crippen LogP contribution in [0, 0.1) is 11.3 Å². The molecule has 0 unspecified atom stereocenters. The number of Topliss-reactive ketones (excluding diaryl/α,β-unsaturated/α-hetero) is 1. The summed E-state index contributed by atoms with van der Waals surface area (Å²) in [4.78, 5) is 23.1. The van der Waals surface area contributed by atoms with E-state index in [1.54, 1.807) is 0 Å². The zero-order chi connectivity index (χ0) is 14.3. The molecule has 0 aromatic rings. The van der Waals surface area contributed by atoms with Gasteiger partial charge in [-0.3, -0.25) is 9.59 Å². The summed E-state index contributed by atoms with van der Waals surface area (Å²) >= 11 is 0. The second-order valence-electron chi connectivity index (χ2n) is 6.46. The minimum Gasteiger partial charge on any atom is -0.356 e. The van der Waals surface area contributed by atoms with Crippen LogP contribution in [0.25, 0.3) is 0 Å². The Morgan fingerprint density at radius 2 is 1.63 bits per heavy atom. The molecule has 1 N–H and O–H groups in total. The Labute approximate surface area is 117 Å². The minimum atomic E-state index is -0.0444. The van der Waals surface area contributed by atoms with E-state index in [0.717, 1.165) is 51.5 Å². The van der Waals surface area contributed by atoms with Gasteiger partial charge in [-0.25, -0.2) is 0 Å². The lowest BCUT2D eigenvalue weighted by Gasteiger charge is -2.09. The van der Waals surface area contributed by atoms with E-state index < -0.39 is 0 Å². The molecular weight excluding hydrogens is 238 g/mol. The van der Waals surface area contributed by atoms with Crippen LogP contribution in [0.2, 0.25) is 0 Å². The zero-order valence-corrected chi connectivity index (χ0v) is 12.8. The number of nitrogens with one attached hydrogen (secondary N) is 1. The summed E-state index contributed by atoms with van der Waals surface area (Å²) in [6, 6.07) is 0. The van der Waals surface area contributed by atoms with Gasteiger partial charge in [-0.1, -0.05) is 40.0 Å². The van der Waals surface area contributed by atoms with Crippen LogP contribution in [0.5, 0.6) is 0 Å². The lowest BCUT2D eigenvalue weighted by molar-refractivity contribution is -0.125. The van der Waals surface area contributed by atoms with E-state index in [2.05, 4.69) is 5.32 Å². The topological polar surface area (TPSA) is 46.2 Å². The Kier molecular flexibility index (Phi) is 6.53. The molecule has 3 heteroatoms. The van der Waals surface area contributed by atoms with Gasteiger partial charge in [-0.2, -0.15) is 0 Å². The second-order valence-corrected chi connectivity index (χ2v) is 6.46. The third-order valence-electron chi connectivity index (χ3n) is 4.08. The molecule has 0 radical (unpaired) electrons. The van der Waals surface area contributed by atoms with E-state index in [0.29, 0.717) is 5.78 Å². The Balaban J connectivity index is 1.86. The van der Waals surface area contributed by atoms with Crippen LogP contribution in [-0.4, -0.2) is 18.2 Å². The number of carbonyl (C=O) groups is 2. The number of carbonyl (C=O) groups excluding carboxylic acids is 2. The number of amides is 1. The predicted octanol–water partition coefficient (Wildman–Crippen LogP) is 3.47. The van der Waals surface area contributed by atoms with Crippen molar-refractivity contribution in [2.75, 3.05) is 6.54 Å². The summed E-state index contributed by atoms with van der Waals surface area (Å²) in [7, 11) is 0. The van der Waals surface area contributed by atoms with Gasteiger partial charge in [0, 0.05) is 24.3 Å². The fourth-order valence-corrected chi connectivity index (χ4v) is 2.07. The number of rotatable bonds is 10. The summed E-state index contributed by atoms with van der Waals surface area (Å²) in [5.74, 6) is 0.791. The van der Waals surface area contributed by atoms with Crippen molar-refractivity contribution in [1.82, 2.24) is 5.32 Å². The molecule has 110 valence electrons. The molecule has 0 atom stereocenters. The molecule has 0 spiro atoms. The average Bonchev–Trinajstić information content (AvgIpc) is 3.11. The number of hydrogen-bond acceptors (Lipinski definition) is 2. The molecule has 3 nitrogen and oxygen atoms in total. The van der Waals surface area contributed by atoms with Crippen molar-refractivity contribution in [2.45, 2.75) is 72.1 Å². The van der Waals surface area contributed by atoms with Gasteiger partial charge in [0.05, 0.1) is 0 Å². The van der Waals surface area contributed by atoms with Gasteiger partial charge in [-0.05, 0) is 25.7 Å². The zero-order valence-electron chi connectivity index (χ0n) is 12.8. The minimum absolute atomic E-state index is 0.0444. The van der Waals surface area contributed by atoms with Crippen LogP contribution < -0.4 is 5.32 Å². The Hall–Kier alpha value is -0.860. The van der Waals surface area contributed by atoms with Crippen molar-refractivity contribution >= 4 is 11.7 Å². The molecule has 0 heterocycles. The second kappa shape index (κ2) is 7.66. The number of ketones is 1. The molecular formula is C16H29NO2. The quantitative estimate of drug-likeness (QED) is 0.616. The standard InChI is InChI=1S/C16H29NO2/c1-13(2)14(18)9-7-5-4-6-8-12-17-15(19)16(3)10-11-16/h13H,4-12H2,1-3H3,(H,17,19). The summed E-state index contributed by atoms with van der Waals surface area (Å²) < 4.78 is 0. The van der Waals surface area contributed by atoms with Crippen LogP contribution >= 0.6 is 0 Å². The van der Waals surface area contributed by atoms with Crippen molar-refractivity contribution in [3.63, 3.8) is 0 Å². The summed E-state index contributed by atoms with van der Waals surface area (Å²) in [6.45, 7) is 6.77. The first kappa shape index (κ1) is 16.2. The first-order chi connectivity index (χ1) is 8.96. The molecule has 0 aromatic heterocycles. The fourth-order valence-electron chi connectivity index (χ4n) is 2.07. The Bertz CT molecular complexity index is 306. The van der Waals surface area contributed by atoms with Crippen LogP contribution in [-0.2, 0) is 9.59 Å². The molecule has 19 heavy (non-hydrogen) atoms. The predicted molar refractivity (Wildman–Crippen MR) is 77.9 cm³/mol. The van der Waals surface area contributed by atoms with Gasteiger partial charge in [0.2, 0.25) is 5.91 Å². The van der Waals surface area contributed by atoms with E-state index in [1.807, 2.05) is 20.8 Å². The largest absolute Gasteiger partial charge is 0.356 e. The van der Waals surface area contributed by atoms with Crippen molar-refractivity contribution < 1.29 is 9.59 Å². The van der Waals surface area contributed by atoms with E-state index >= 15 is 0 Å². The van der Waals surface area contributed by atoms with Gasteiger partial charge >= 0.3 is 0 Å². The van der Waals surface area contributed by atoms with E-state index in [4.69, 9.17) is 0 Å². The lowest BCUT2D eigenvalue weighted by Crippen LogP contribution is -2.30. The first-order valence-electron chi connectivity index (χ1n) is 7.77. The SMILES string of the molecule is CC(C)C(=O)CCCCCCCNC(=O)C1(C)CC1. The maximum absolute atomic E-state index is 11.7. The summed E-state index contributed by atoms with van der Waals surface area (Å²) in [5.41, 5.74) is -0.0444. The van der Waals surface area contributed by atoms with Gasteiger partial charge in [0.1, 0.15) is 5.78 Å². The van der Waals surface area contributed by atoms with Gasteiger partial charge in [0.25, 0.3) is 0 Å². The van der Waals surface area contributed by atoms with Crippen LogP contribution in [0.15, 0.2) is 0 Å². The summed E-state index contributed by atoms with van der Waals surface area (Å²) in [5, 5.41) is 3.02. The highest BCUT2D eigenvalue weighted by molar-refractivity contribution is 5.84. The number of hydrogen-bond donors (Lipinski definition) is 1. The van der Waals surface area contributed by atoms with Crippen LogP contribution in [0.1, 0.15) is 72.1 Å². The van der Waals surface area contributed by atoms with Crippen molar-refractivity contribution in [3.8, 4) is 0 Å². The van der Waals surface area contributed by atoms with Crippen molar-refractivity contribution in [1.29, 1.82) is 0 Å². The lowest BCUT2D eigenvalue weighted by atomic mass is 10.0. The van der Waals surface area contributed by atoms with Crippen molar-refractivity contribution in [2.24, 2.45) is 11.3 Å². The van der Waals surface area contributed by atoms with Gasteiger partial charge in [-0.15, -0.1) is 0 Å². The normalized spacial score (nSPS) is 16.4. The van der Waals surface area contributed by atoms with E-state index in [1.165, 1.54) is 6.42 Å². The Morgan fingerprint density at radius 3 is 2.21 bits per heavy atom. The van der Waals surface area contributed by atoms with Gasteiger partial charge in [0.15, 0.2) is 0 Å². The third kappa shape index (κ3) is 6.22. The molecule has 1 saturated carbocycles. The van der Waals surface area contributed by atoms with Gasteiger partial charge < -0.3 is 5.32 Å². The number of unbranched alkanes of at least 4 members (excludes halogenated alkanes) is 4. The highest BCUT2D eigenvalue weighted by atomic mass is 16.2. The molecule has 0 bridgehead atoms. The van der Waals surface area contributed by atoms with E-state index in [9.17, 15) is 9.59 Å². The molecule has 1 rings (SSSR count). The Morgan fingerprint density at radius 1 is 1.05 bits per heavy atom. The molecule has 0 aliphatic heterocycles. The van der Waals surface area contributed by atoms with Crippen LogP contribution in [0.3, 0.4) is 0 Å². The van der Waals surface area contributed by atoms with Crippen molar-refractivity contribution in [3.05, 3.63) is 0 Å². The van der Waals surface area contributed by atoms with Crippen LogP contribution in [0.4, 0.5) is 0 Å². The third-order valence-corrected chi connectivity index (χ3v) is 4.08. The average molecular weight is 267 g/mol. The van der Waals surface area contributed by atoms with E-state index in [-0.39, 0.29) is 17.2 Å². The molecule has 1 amide bonds. The maximum Gasteiger partial charge on any atom is 0.225 e. The molecule has 0 saturated heterocycles. The molecule has 1 fully saturated rings.